The zero-order valence-corrected chi connectivity index (χ0v) is 13.2. The summed E-state index contributed by atoms with van der Waals surface area (Å²) in [6.07, 6.45) is 2.24. The SMILES string of the molecule is CCc1cc2c(ccn2S(=O)(=O)c2ccccc2)nc1OC. The molecular weight excluding hydrogens is 300 g/mol. The second-order valence-corrected chi connectivity index (χ2v) is 6.66. The Morgan fingerprint density at radius 1 is 1.18 bits per heavy atom. The maximum absolute atomic E-state index is 12.8. The van der Waals surface area contributed by atoms with Gasteiger partial charge in [-0.1, -0.05) is 25.1 Å². The molecule has 0 aliphatic rings. The molecule has 0 aliphatic heterocycles. The molecular formula is C16H16N2O3S. The fraction of sp³-hybridized carbons (Fsp3) is 0.188. The summed E-state index contributed by atoms with van der Waals surface area (Å²) >= 11 is 0. The first kappa shape index (κ1) is 14.6. The summed E-state index contributed by atoms with van der Waals surface area (Å²) in [7, 11) is -2.07. The molecule has 0 saturated heterocycles. The van der Waals surface area contributed by atoms with Crippen molar-refractivity contribution < 1.29 is 13.2 Å². The van der Waals surface area contributed by atoms with Gasteiger partial charge in [-0.2, -0.15) is 0 Å². The molecule has 0 atom stereocenters. The molecule has 5 nitrogen and oxygen atoms in total. The maximum Gasteiger partial charge on any atom is 0.268 e. The molecule has 0 spiro atoms. The van der Waals surface area contributed by atoms with Crippen molar-refractivity contribution in [3.63, 3.8) is 0 Å². The number of aryl methyl sites for hydroxylation is 1. The summed E-state index contributed by atoms with van der Waals surface area (Å²) in [6.45, 7) is 1.98. The molecule has 0 unspecified atom stereocenters. The molecule has 6 heteroatoms. The fourth-order valence-corrected chi connectivity index (χ4v) is 3.76. The lowest BCUT2D eigenvalue weighted by Gasteiger charge is -2.09. The molecule has 1 aromatic carbocycles. The smallest absolute Gasteiger partial charge is 0.268 e. The average molecular weight is 316 g/mol. The predicted octanol–water partition coefficient (Wildman–Crippen LogP) is 2.84. The summed E-state index contributed by atoms with van der Waals surface area (Å²) in [5.41, 5.74) is 2.02. The summed E-state index contributed by atoms with van der Waals surface area (Å²) in [4.78, 5) is 4.64. The molecule has 0 N–H and O–H groups in total. The summed E-state index contributed by atoms with van der Waals surface area (Å²) in [5.74, 6) is 0.532. The highest BCUT2D eigenvalue weighted by molar-refractivity contribution is 7.90. The summed E-state index contributed by atoms with van der Waals surface area (Å²) < 4.78 is 32.1. The topological polar surface area (TPSA) is 61.2 Å². The van der Waals surface area contributed by atoms with Gasteiger partial charge in [0.15, 0.2) is 0 Å². The number of hydrogen-bond donors (Lipinski definition) is 0. The molecule has 2 aromatic heterocycles. The highest BCUT2D eigenvalue weighted by atomic mass is 32.2. The normalized spacial score (nSPS) is 11.7. The summed E-state index contributed by atoms with van der Waals surface area (Å²) in [6, 6.07) is 11.9. The fourth-order valence-electron chi connectivity index (χ4n) is 2.40. The molecule has 0 bridgehead atoms. The van der Waals surface area contributed by atoms with Gasteiger partial charge < -0.3 is 4.74 Å². The first-order valence-corrected chi connectivity index (χ1v) is 8.37. The molecule has 3 aromatic rings. The van der Waals surface area contributed by atoms with Crippen LogP contribution in [0.4, 0.5) is 0 Å². The molecule has 0 saturated carbocycles. The number of pyridine rings is 1. The van der Waals surface area contributed by atoms with E-state index < -0.39 is 10.0 Å². The van der Waals surface area contributed by atoms with Gasteiger partial charge in [0.2, 0.25) is 5.88 Å². The van der Waals surface area contributed by atoms with Crippen molar-refractivity contribution >= 4 is 21.1 Å². The number of rotatable bonds is 4. The van der Waals surface area contributed by atoms with E-state index in [4.69, 9.17) is 4.74 Å². The lowest BCUT2D eigenvalue weighted by molar-refractivity contribution is 0.395. The molecule has 22 heavy (non-hydrogen) atoms. The van der Waals surface area contributed by atoms with Crippen molar-refractivity contribution in [1.29, 1.82) is 0 Å². The van der Waals surface area contributed by atoms with E-state index in [1.165, 1.54) is 10.2 Å². The van der Waals surface area contributed by atoms with Gasteiger partial charge in [0.1, 0.15) is 0 Å². The maximum atomic E-state index is 12.8. The van der Waals surface area contributed by atoms with Crippen LogP contribution in [0.2, 0.25) is 0 Å². The molecule has 0 aliphatic carbocycles. The van der Waals surface area contributed by atoms with Crippen LogP contribution < -0.4 is 4.74 Å². The third-order valence-electron chi connectivity index (χ3n) is 3.55. The molecule has 3 rings (SSSR count). The lowest BCUT2D eigenvalue weighted by Crippen LogP contribution is -2.12. The van der Waals surface area contributed by atoms with Gasteiger partial charge in [0.05, 0.1) is 23.0 Å². The highest BCUT2D eigenvalue weighted by Crippen LogP contribution is 2.26. The zero-order valence-electron chi connectivity index (χ0n) is 12.4. The van der Waals surface area contributed by atoms with Crippen LogP contribution >= 0.6 is 0 Å². The number of nitrogens with zero attached hydrogens (tertiary/aromatic N) is 2. The Kier molecular flexibility index (Phi) is 3.62. The van der Waals surface area contributed by atoms with Crippen LogP contribution in [-0.2, 0) is 16.4 Å². The second-order valence-electron chi connectivity index (χ2n) is 4.84. The highest BCUT2D eigenvalue weighted by Gasteiger charge is 2.20. The first-order valence-electron chi connectivity index (χ1n) is 6.93. The van der Waals surface area contributed by atoms with Crippen LogP contribution in [0.3, 0.4) is 0 Å². The van der Waals surface area contributed by atoms with E-state index in [9.17, 15) is 8.42 Å². The van der Waals surface area contributed by atoms with Crippen LogP contribution in [0.5, 0.6) is 5.88 Å². The van der Waals surface area contributed by atoms with Gasteiger partial charge in [0, 0.05) is 11.8 Å². The molecule has 114 valence electrons. The van der Waals surface area contributed by atoms with Crippen molar-refractivity contribution in [1.82, 2.24) is 8.96 Å². The Labute approximate surface area is 129 Å². The second kappa shape index (κ2) is 5.46. The Morgan fingerprint density at radius 3 is 2.55 bits per heavy atom. The number of methoxy groups -OCH3 is 1. The largest absolute Gasteiger partial charge is 0.481 e. The minimum atomic E-state index is -3.63. The van der Waals surface area contributed by atoms with Crippen LogP contribution in [0.15, 0.2) is 53.6 Å². The van der Waals surface area contributed by atoms with E-state index in [0.717, 1.165) is 5.56 Å². The van der Waals surface area contributed by atoms with E-state index in [-0.39, 0.29) is 4.90 Å². The number of hydrogen-bond acceptors (Lipinski definition) is 4. The molecule has 0 fully saturated rings. The van der Waals surface area contributed by atoms with E-state index >= 15 is 0 Å². The van der Waals surface area contributed by atoms with Gasteiger partial charge in [-0.15, -0.1) is 0 Å². The zero-order chi connectivity index (χ0) is 15.7. The average Bonchev–Trinajstić information content (AvgIpc) is 2.97. The number of aromatic nitrogens is 2. The van der Waals surface area contributed by atoms with Crippen molar-refractivity contribution in [2.24, 2.45) is 0 Å². The Hall–Kier alpha value is -2.34. The Bertz CT molecular complexity index is 915. The number of fused-ring (bicyclic) bond motifs is 1. The van der Waals surface area contributed by atoms with Gasteiger partial charge >= 0.3 is 0 Å². The first-order chi connectivity index (χ1) is 10.6. The van der Waals surface area contributed by atoms with Gasteiger partial charge in [-0.05, 0) is 30.7 Å². The van der Waals surface area contributed by atoms with Gasteiger partial charge in [0.25, 0.3) is 10.0 Å². The minimum Gasteiger partial charge on any atom is -0.481 e. The number of benzene rings is 1. The molecule has 2 heterocycles. The predicted molar refractivity (Wildman–Crippen MR) is 84.7 cm³/mol. The number of ether oxygens (including phenoxy) is 1. The Balaban J connectivity index is 2.24. The van der Waals surface area contributed by atoms with E-state index in [0.29, 0.717) is 23.3 Å². The van der Waals surface area contributed by atoms with Crippen molar-refractivity contribution in [3.05, 3.63) is 54.2 Å². The van der Waals surface area contributed by atoms with Crippen LogP contribution in [0, 0.1) is 0 Å². The monoisotopic (exact) mass is 316 g/mol. The summed E-state index contributed by atoms with van der Waals surface area (Å²) in [5, 5.41) is 0. The third kappa shape index (κ3) is 2.25. The van der Waals surface area contributed by atoms with Gasteiger partial charge in [-0.25, -0.2) is 17.4 Å². The van der Waals surface area contributed by atoms with Crippen molar-refractivity contribution in [2.75, 3.05) is 7.11 Å². The van der Waals surface area contributed by atoms with E-state index in [1.807, 2.05) is 13.0 Å². The van der Waals surface area contributed by atoms with Crippen molar-refractivity contribution in [2.45, 2.75) is 18.2 Å². The van der Waals surface area contributed by atoms with Gasteiger partial charge in [-0.3, -0.25) is 0 Å². The van der Waals surface area contributed by atoms with E-state index in [2.05, 4.69) is 4.98 Å². The molecule has 0 radical (unpaired) electrons. The van der Waals surface area contributed by atoms with Crippen LogP contribution in [0.25, 0.3) is 11.0 Å². The standard InChI is InChI=1S/C16H16N2O3S/c1-3-12-11-15-14(17-16(12)21-2)9-10-18(15)22(19,20)13-7-5-4-6-8-13/h4-11H,3H2,1-2H3. The quantitative estimate of drug-likeness (QED) is 0.742. The van der Waals surface area contributed by atoms with E-state index in [1.54, 1.807) is 43.5 Å². The third-order valence-corrected chi connectivity index (χ3v) is 5.25. The Morgan fingerprint density at radius 2 is 1.91 bits per heavy atom. The minimum absolute atomic E-state index is 0.251. The van der Waals surface area contributed by atoms with Crippen molar-refractivity contribution in [3.8, 4) is 5.88 Å². The molecule has 0 amide bonds. The lowest BCUT2D eigenvalue weighted by atomic mass is 10.2. The van der Waals surface area contributed by atoms with Crippen LogP contribution in [0.1, 0.15) is 12.5 Å². The van der Waals surface area contributed by atoms with Crippen LogP contribution in [-0.4, -0.2) is 24.5 Å².